The van der Waals surface area contributed by atoms with Gasteiger partial charge in [-0.2, -0.15) is 0 Å². The van der Waals surface area contributed by atoms with Crippen LogP contribution in [0.1, 0.15) is 27.7 Å². The second-order valence-electron chi connectivity index (χ2n) is 5.27. The quantitative estimate of drug-likeness (QED) is 0.743. The van der Waals surface area contributed by atoms with Crippen molar-refractivity contribution in [2.24, 2.45) is 0 Å². The van der Waals surface area contributed by atoms with E-state index in [9.17, 15) is 0 Å². The summed E-state index contributed by atoms with van der Waals surface area (Å²) < 4.78 is 6.48. The zero-order chi connectivity index (χ0) is 14.5. The van der Waals surface area contributed by atoms with E-state index in [1.165, 1.54) is 34.6 Å². The molecule has 3 heteroatoms. The van der Waals surface area contributed by atoms with Crippen molar-refractivity contribution >= 4 is 23.5 Å². The summed E-state index contributed by atoms with van der Waals surface area (Å²) in [6, 6.07) is 17.1. The summed E-state index contributed by atoms with van der Waals surface area (Å²) in [5.41, 5.74) is 3.91. The van der Waals surface area contributed by atoms with E-state index in [1.807, 2.05) is 0 Å². The fourth-order valence-corrected chi connectivity index (χ4v) is 5.26. The van der Waals surface area contributed by atoms with Gasteiger partial charge < -0.3 is 4.74 Å². The Morgan fingerprint density at radius 3 is 2.52 bits per heavy atom. The highest BCUT2D eigenvalue weighted by atomic mass is 32.2. The van der Waals surface area contributed by atoms with Gasteiger partial charge in [0.25, 0.3) is 0 Å². The molecule has 0 radical (unpaired) electrons. The summed E-state index contributed by atoms with van der Waals surface area (Å²) in [6.07, 6.45) is 1.34. The number of rotatable bonds is 4. The molecule has 1 heterocycles. The highest BCUT2D eigenvalue weighted by Gasteiger charge is 2.16. The van der Waals surface area contributed by atoms with E-state index >= 15 is 0 Å². The van der Waals surface area contributed by atoms with Crippen LogP contribution in [0.4, 0.5) is 0 Å². The molecule has 0 saturated carbocycles. The van der Waals surface area contributed by atoms with Crippen LogP contribution in [0.25, 0.3) is 0 Å². The molecular formula is C18H20OS2. The zero-order valence-corrected chi connectivity index (χ0v) is 13.9. The Hall–Kier alpha value is -1.06. The fourth-order valence-electron chi connectivity index (χ4n) is 2.37. The lowest BCUT2D eigenvalue weighted by molar-refractivity contribution is 0.306. The van der Waals surface area contributed by atoms with Crippen molar-refractivity contribution in [3.63, 3.8) is 0 Å². The highest BCUT2D eigenvalue weighted by molar-refractivity contribution is 8.16. The smallest absolute Gasteiger partial charge is 0.119 e. The molecule has 1 nitrogen and oxygen atoms in total. The Labute approximate surface area is 135 Å². The van der Waals surface area contributed by atoms with E-state index in [0.29, 0.717) is 11.2 Å². The van der Waals surface area contributed by atoms with Gasteiger partial charge in [-0.1, -0.05) is 42.0 Å². The Balaban J connectivity index is 1.59. The molecule has 0 N–H and O–H groups in total. The minimum absolute atomic E-state index is 0.601. The molecule has 3 rings (SSSR count). The van der Waals surface area contributed by atoms with Gasteiger partial charge in [0, 0.05) is 0 Å². The minimum Gasteiger partial charge on any atom is -0.489 e. The van der Waals surface area contributed by atoms with E-state index in [1.54, 1.807) is 0 Å². The van der Waals surface area contributed by atoms with Crippen molar-refractivity contribution in [3.8, 4) is 5.75 Å². The van der Waals surface area contributed by atoms with Crippen molar-refractivity contribution in [2.75, 3.05) is 11.5 Å². The van der Waals surface area contributed by atoms with Crippen LogP contribution in [0.3, 0.4) is 0 Å². The predicted octanol–water partition coefficient (Wildman–Crippen LogP) is 5.44. The molecule has 1 aliphatic rings. The molecule has 110 valence electrons. The second-order valence-corrected chi connectivity index (χ2v) is 8.00. The summed E-state index contributed by atoms with van der Waals surface area (Å²) in [5, 5.41) is 0. The summed E-state index contributed by atoms with van der Waals surface area (Å²) in [6.45, 7) is 2.74. The van der Waals surface area contributed by atoms with Crippen molar-refractivity contribution < 1.29 is 4.74 Å². The van der Waals surface area contributed by atoms with Gasteiger partial charge in [0.2, 0.25) is 0 Å². The van der Waals surface area contributed by atoms with E-state index in [2.05, 4.69) is 79.0 Å². The molecule has 0 aliphatic carbocycles. The first-order chi connectivity index (χ1) is 10.3. The Kier molecular flexibility index (Phi) is 5.15. The van der Waals surface area contributed by atoms with Gasteiger partial charge in [-0.15, -0.1) is 23.5 Å². The van der Waals surface area contributed by atoms with Crippen molar-refractivity contribution in [2.45, 2.75) is 24.5 Å². The van der Waals surface area contributed by atoms with Crippen molar-refractivity contribution in [1.29, 1.82) is 0 Å². The Morgan fingerprint density at radius 1 is 1.05 bits per heavy atom. The lowest BCUT2D eigenvalue weighted by Crippen LogP contribution is -2.00. The topological polar surface area (TPSA) is 9.23 Å². The molecule has 2 aromatic carbocycles. The first kappa shape index (κ1) is 14.9. The SMILES string of the molecule is Cc1cccc(COc2ccc(C3SCCCS3)cc2)c1. The predicted molar refractivity (Wildman–Crippen MR) is 94.2 cm³/mol. The van der Waals surface area contributed by atoms with Gasteiger partial charge in [-0.05, 0) is 48.1 Å². The van der Waals surface area contributed by atoms with E-state index in [4.69, 9.17) is 4.74 Å². The lowest BCUT2D eigenvalue weighted by atomic mass is 10.1. The van der Waals surface area contributed by atoms with E-state index in [0.717, 1.165) is 5.75 Å². The van der Waals surface area contributed by atoms with Crippen LogP contribution in [0.5, 0.6) is 5.75 Å². The number of hydrogen-bond acceptors (Lipinski definition) is 3. The van der Waals surface area contributed by atoms with Crippen LogP contribution < -0.4 is 4.74 Å². The van der Waals surface area contributed by atoms with Gasteiger partial charge in [0.05, 0.1) is 4.58 Å². The number of aryl methyl sites for hydroxylation is 1. The third-order valence-electron chi connectivity index (χ3n) is 3.47. The van der Waals surface area contributed by atoms with Gasteiger partial charge in [-0.25, -0.2) is 0 Å². The van der Waals surface area contributed by atoms with Gasteiger partial charge in [-0.3, -0.25) is 0 Å². The minimum atomic E-state index is 0.601. The molecule has 0 atom stereocenters. The van der Waals surface area contributed by atoms with Crippen LogP contribution in [0, 0.1) is 6.92 Å². The zero-order valence-electron chi connectivity index (χ0n) is 12.2. The molecule has 1 fully saturated rings. The lowest BCUT2D eigenvalue weighted by Gasteiger charge is -2.21. The monoisotopic (exact) mass is 316 g/mol. The maximum absolute atomic E-state index is 5.88. The van der Waals surface area contributed by atoms with Gasteiger partial charge in [0.15, 0.2) is 0 Å². The van der Waals surface area contributed by atoms with Crippen LogP contribution >= 0.6 is 23.5 Å². The molecule has 1 saturated heterocycles. The molecule has 0 aromatic heterocycles. The van der Waals surface area contributed by atoms with Crippen LogP contribution in [0.15, 0.2) is 48.5 Å². The maximum Gasteiger partial charge on any atom is 0.119 e. The van der Waals surface area contributed by atoms with Crippen LogP contribution in [-0.4, -0.2) is 11.5 Å². The highest BCUT2D eigenvalue weighted by Crippen LogP contribution is 2.43. The summed E-state index contributed by atoms with van der Waals surface area (Å²) >= 11 is 4.11. The molecule has 0 unspecified atom stereocenters. The third-order valence-corrected chi connectivity index (χ3v) is 6.48. The molecular weight excluding hydrogens is 296 g/mol. The number of ether oxygens (including phenoxy) is 1. The van der Waals surface area contributed by atoms with E-state index in [-0.39, 0.29) is 0 Å². The van der Waals surface area contributed by atoms with Crippen molar-refractivity contribution in [1.82, 2.24) is 0 Å². The number of benzene rings is 2. The van der Waals surface area contributed by atoms with Crippen molar-refractivity contribution in [3.05, 3.63) is 65.2 Å². The van der Waals surface area contributed by atoms with Crippen LogP contribution in [-0.2, 0) is 6.61 Å². The molecule has 21 heavy (non-hydrogen) atoms. The average molecular weight is 316 g/mol. The van der Waals surface area contributed by atoms with Crippen LogP contribution in [0.2, 0.25) is 0 Å². The third kappa shape index (κ3) is 4.21. The molecule has 2 aromatic rings. The first-order valence-electron chi connectivity index (χ1n) is 7.33. The number of thioether (sulfide) groups is 2. The Morgan fingerprint density at radius 2 is 1.81 bits per heavy atom. The second kappa shape index (κ2) is 7.28. The molecule has 1 aliphatic heterocycles. The first-order valence-corrected chi connectivity index (χ1v) is 9.42. The van der Waals surface area contributed by atoms with E-state index < -0.39 is 0 Å². The molecule has 0 spiro atoms. The summed E-state index contributed by atoms with van der Waals surface area (Å²) in [4.78, 5) is 0. The standard InChI is InChI=1S/C18H20OS2/c1-14-4-2-5-15(12-14)13-19-17-8-6-16(7-9-17)18-20-10-3-11-21-18/h2,4-9,12,18H,3,10-11,13H2,1H3. The normalized spacial score (nSPS) is 15.9. The largest absolute Gasteiger partial charge is 0.489 e. The Bertz CT molecular complexity index is 574. The fraction of sp³-hybridized carbons (Fsp3) is 0.333. The maximum atomic E-state index is 5.88. The summed E-state index contributed by atoms with van der Waals surface area (Å²) in [7, 11) is 0. The number of hydrogen-bond donors (Lipinski definition) is 0. The summed E-state index contributed by atoms with van der Waals surface area (Å²) in [5.74, 6) is 3.51. The van der Waals surface area contributed by atoms with Gasteiger partial charge >= 0.3 is 0 Å². The molecule has 0 bridgehead atoms. The molecule has 0 amide bonds. The van der Waals surface area contributed by atoms with Gasteiger partial charge in [0.1, 0.15) is 12.4 Å². The average Bonchev–Trinajstić information content (AvgIpc) is 2.54.